The molecule has 0 amide bonds. The highest BCUT2D eigenvalue weighted by atomic mass is 16.5. The predicted molar refractivity (Wildman–Crippen MR) is 93.2 cm³/mol. The van der Waals surface area contributed by atoms with Crippen molar-refractivity contribution in [2.24, 2.45) is 0 Å². The van der Waals surface area contributed by atoms with Gasteiger partial charge in [0.2, 0.25) is 0 Å². The normalized spacial score (nSPS) is 14.9. The molecule has 0 radical (unpaired) electrons. The molecule has 24 heavy (non-hydrogen) atoms. The maximum Gasteiger partial charge on any atom is 0.301 e. The summed E-state index contributed by atoms with van der Waals surface area (Å²) in [7, 11) is 0. The second kappa shape index (κ2) is 5.98. The first-order valence-corrected chi connectivity index (χ1v) is 7.84. The number of morpholine rings is 1. The number of hydrogen-bond acceptors (Lipinski definition) is 6. The van der Waals surface area contributed by atoms with Crippen molar-refractivity contribution in [3.05, 3.63) is 52.8 Å². The van der Waals surface area contributed by atoms with Crippen LogP contribution in [-0.4, -0.2) is 31.3 Å². The molecule has 0 spiro atoms. The summed E-state index contributed by atoms with van der Waals surface area (Å²) in [4.78, 5) is 18.5. The zero-order valence-corrected chi connectivity index (χ0v) is 13.1. The van der Waals surface area contributed by atoms with Gasteiger partial charge in [0.15, 0.2) is 0 Å². The van der Waals surface area contributed by atoms with E-state index in [0.717, 1.165) is 11.1 Å². The van der Waals surface area contributed by atoms with E-state index in [9.17, 15) is 4.79 Å². The third-order valence-corrected chi connectivity index (χ3v) is 4.11. The Morgan fingerprint density at radius 2 is 1.83 bits per heavy atom. The lowest BCUT2D eigenvalue weighted by atomic mass is 10.0. The second-order valence-electron chi connectivity index (χ2n) is 5.74. The van der Waals surface area contributed by atoms with Crippen LogP contribution in [0.15, 0.2) is 51.7 Å². The first kappa shape index (κ1) is 14.7. The Hall–Kier alpha value is -2.86. The largest absolute Gasteiger partial charge is 0.425 e. The summed E-state index contributed by atoms with van der Waals surface area (Å²) in [5.74, 6) is 0. The van der Waals surface area contributed by atoms with Crippen LogP contribution in [0.25, 0.3) is 22.1 Å². The minimum Gasteiger partial charge on any atom is -0.425 e. The predicted octanol–water partition coefficient (Wildman–Crippen LogP) is 2.27. The van der Waals surface area contributed by atoms with Gasteiger partial charge in [0.1, 0.15) is 5.58 Å². The van der Waals surface area contributed by atoms with Crippen LogP contribution in [0.3, 0.4) is 0 Å². The lowest BCUT2D eigenvalue weighted by molar-refractivity contribution is 0.120. The molecule has 1 aromatic heterocycles. The smallest absolute Gasteiger partial charge is 0.301 e. The van der Waals surface area contributed by atoms with E-state index in [4.69, 9.17) is 14.9 Å². The molecule has 2 N–H and O–H groups in total. The Morgan fingerprint density at radius 1 is 1.04 bits per heavy atom. The Bertz CT molecular complexity index is 946. The number of rotatable bonds is 2. The minimum absolute atomic E-state index is 0.288. The number of fused-ring (bicyclic) bond motifs is 1. The summed E-state index contributed by atoms with van der Waals surface area (Å²) >= 11 is 0. The lowest BCUT2D eigenvalue weighted by Gasteiger charge is -2.25. The number of anilines is 2. The first-order valence-electron chi connectivity index (χ1n) is 7.84. The quantitative estimate of drug-likeness (QED) is 0.729. The molecule has 1 saturated heterocycles. The van der Waals surface area contributed by atoms with E-state index in [1.165, 1.54) is 0 Å². The fourth-order valence-corrected chi connectivity index (χ4v) is 2.84. The molecule has 6 nitrogen and oxygen atoms in total. The average molecular weight is 323 g/mol. The van der Waals surface area contributed by atoms with Crippen molar-refractivity contribution in [1.82, 2.24) is 4.98 Å². The number of hydrogen-bond donors (Lipinski definition) is 1. The summed E-state index contributed by atoms with van der Waals surface area (Å²) in [5, 5.41) is 0.465. The van der Waals surface area contributed by atoms with Gasteiger partial charge in [0.25, 0.3) is 5.56 Å². The maximum atomic E-state index is 12.4. The molecular weight excluding hydrogens is 306 g/mol. The molecule has 0 unspecified atom stereocenters. The van der Waals surface area contributed by atoms with Gasteiger partial charge in [-0.15, -0.1) is 0 Å². The standard InChI is InChI=1S/C18H17N3O3/c19-14-3-1-2-12(10-14)13-4-5-16-15(11-13)17(22)20-18(24-16)21-6-8-23-9-7-21/h1-5,10-11H,6-9,19H2. The summed E-state index contributed by atoms with van der Waals surface area (Å²) in [6.07, 6.45) is 0. The Morgan fingerprint density at radius 3 is 2.62 bits per heavy atom. The number of nitrogen functional groups attached to an aromatic ring is 1. The van der Waals surface area contributed by atoms with Crippen LogP contribution in [0.4, 0.5) is 11.7 Å². The number of ether oxygens (including phenoxy) is 1. The molecule has 2 aromatic carbocycles. The van der Waals surface area contributed by atoms with Crippen LogP contribution in [0.2, 0.25) is 0 Å². The van der Waals surface area contributed by atoms with Gasteiger partial charge in [-0.1, -0.05) is 18.2 Å². The van der Waals surface area contributed by atoms with E-state index in [1.807, 2.05) is 35.2 Å². The monoisotopic (exact) mass is 323 g/mol. The highest BCUT2D eigenvalue weighted by Gasteiger charge is 2.17. The highest BCUT2D eigenvalue weighted by molar-refractivity contribution is 5.83. The average Bonchev–Trinajstić information content (AvgIpc) is 2.62. The van der Waals surface area contributed by atoms with E-state index in [2.05, 4.69) is 4.98 Å². The molecule has 3 aromatic rings. The molecule has 0 aliphatic carbocycles. The van der Waals surface area contributed by atoms with Gasteiger partial charge in [-0.2, -0.15) is 4.98 Å². The zero-order valence-electron chi connectivity index (χ0n) is 13.1. The number of aromatic nitrogens is 1. The Labute approximate surface area is 138 Å². The van der Waals surface area contributed by atoms with Gasteiger partial charge in [-0.3, -0.25) is 4.79 Å². The molecule has 122 valence electrons. The van der Waals surface area contributed by atoms with E-state index in [0.29, 0.717) is 49.0 Å². The Balaban J connectivity index is 1.78. The molecule has 1 fully saturated rings. The molecule has 2 heterocycles. The maximum absolute atomic E-state index is 12.4. The van der Waals surface area contributed by atoms with Gasteiger partial charge in [0, 0.05) is 18.8 Å². The third kappa shape index (κ3) is 2.72. The first-order chi connectivity index (χ1) is 11.7. The van der Waals surface area contributed by atoms with Crippen molar-refractivity contribution < 1.29 is 9.15 Å². The van der Waals surface area contributed by atoms with E-state index < -0.39 is 0 Å². The zero-order chi connectivity index (χ0) is 16.5. The lowest BCUT2D eigenvalue weighted by Crippen LogP contribution is -2.37. The fourth-order valence-electron chi connectivity index (χ4n) is 2.84. The van der Waals surface area contributed by atoms with Gasteiger partial charge in [0.05, 0.1) is 18.6 Å². The van der Waals surface area contributed by atoms with E-state index in [-0.39, 0.29) is 5.56 Å². The van der Waals surface area contributed by atoms with Crippen molar-refractivity contribution in [3.8, 4) is 11.1 Å². The summed E-state index contributed by atoms with van der Waals surface area (Å²) in [6, 6.07) is 13.4. The van der Waals surface area contributed by atoms with Crippen LogP contribution in [0.1, 0.15) is 0 Å². The van der Waals surface area contributed by atoms with Crippen molar-refractivity contribution in [1.29, 1.82) is 0 Å². The fraction of sp³-hybridized carbons (Fsp3) is 0.222. The summed E-state index contributed by atoms with van der Waals surface area (Å²) < 4.78 is 11.1. The molecule has 0 atom stereocenters. The van der Waals surface area contributed by atoms with Gasteiger partial charge in [-0.25, -0.2) is 0 Å². The van der Waals surface area contributed by atoms with Crippen molar-refractivity contribution in [3.63, 3.8) is 0 Å². The van der Waals surface area contributed by atoms with Gasteiger partial charge >= 0.3 is 6.01 Å². The van der Waals surface area contributed by atoms with Crippen molar-refractivity contribution >= 4 is 22.7 Å². The van der Waals surface area contributed by atoms with Crippen LogP contribution in [0, 0.1) is 0 Å². The number of nitrogens with zero attached hydrogens (tertiary/aromatic N) is 2. The van der Waals surface area contributed by atoms with Crippen LogP contribution in [-0.2, 0) is 4.74 Å². The number of benzene rings is 2. The SMILES string of the molecule is Nc1cccc(-c2ccc3oc(N4CCOCC4)nc(=O)c3c2)c1. The van der Waals surface area contributed by atoms with Crippen molar-refractivity contribution in [2.75, 3.05) is 36.9 Å². The van der Waals surface area contributed by atoms with Crippen LogP contribution in [0.5, 0.6) is 0 Å². The molecule has 4 rings (SSSR count). The molecule has 1 aliphatic heterocycles. The Kier molecular flexibility index (Phi) is 3.66. The molecular formula is C18H17N3O3. The second-order valence-corrected chi connectivity index (χ2v) is 5.74. The minimum atomic E-state index is -0.288. The van der Waals surface area contributed by atoms with Gasteiger partial charge in [-0.05, 0) is 35.4 Å². The topological polar surface area (TPSA) is 81.6 Å². The molecule has 6 heteroatoms. The number of nitrogens with two attached hydrogens (primary N) is 1. The van der Waals surface area contributed by atoms with Gasteiger partial charge < -0.3 is 19.8 Å². The van der Waals surface area contributed by atoms with E-state index >= 15 is 0 Å². The van der Waals surface area contributed by atoms with Crippen molar-refractivity contribution in [2.45, 2.75) is 0 Å². The van der Waals surface area contributed by atoms with Crippen LogP contribution < -0.4 is 16.2 Å². The van der Waals surface area contributed by atoms with E-state index in [1.54, 1.807) is 12.1 Å². The molecule has 0 bridgehead atoms. The molecule has 0 saturated carbocycles. The third-order valence-electron chi connectivity index (χ3n) is 4.11. The molecule has 1 aliphatic rings. The summed E-state index contributed by atoms with van der Waals surface area (Å²) in [5.41, 5.74) is 8.61. The van der Waals surface area contributed by atoms with Crippen LogP contribution >= 0.6 is 0 Å². The highest BCUT2D eigenvalue weighted by Crippen LogP contribution is 2.25. The summed E-state index contributed by atoms with van der Waals surface area (Å²) in [6.45, 7) is 2.56.